The molecule has 0 aliphatic heterocycles. The van der Waals surface area contributed by atoms with E-state index in [1.165, 1.54) is 0 Å². The van der Waals surface area contributed by atoms with E-state index in [-0.39, 0.29) is 5.78 Å². The standard InChI is InChI=1S/C14H21NO2S/c1-4-13(16)11-5-7-12(8-6-11)15-9-14(2,17)10-18-3/h5-8,15,17H,4,9-10H2,1-3H3. The minimum absolute atomic E-state index is 0.149. The Morgan fingerprint density at radius 1 is 1.39 bits per heavy atom. The Hall–Kier alpha value is -1.00. The third-order valence-corrected chi connectivity index (χ3v) is 3.57. The first kappa shape index (κ1) is 15.1. The molecule has 1 atom stereocenters. The van der Waals surface area contributed by atoms with Crippen LogP contribution in [0.3, 0.4) is 0 Å². The topological polar surface area (TPSA) is 49.3 Å². The van der Waals surface area contributed by atoms with Crippen molar-refractivity contribution in [1.82, 2.24) is 0 Å². The summed E-state index contributed by atoms with van der Waals surface area (Å²) >= 11 is 1.62. The molecular formula is C14H21NO2S. The molecule has 4 heteroatoms. The Labute approximate surface area is 113 Å². The summed E-state index contributed by atoms with van der Waals surface area (Å²) < 4.78 is 0. The lowest BCUT2D eigenvalue weighted by atomic mass is 10.1. The molecule has 3 nitrogen and oxygen atoms in total. The van der Waals surface area contributed by atoms with Gasteiger partial charge in [-0.3, -0.25) is 4.79 Å². The summed E-state index contributed by atoms with van der Waals surface area (Å²) in [4.78, 5) is 11.5. The van der Waals surface area contributed by atoms with Crippen LogP contribution in [0.4, 0.5) is 5.69 Å². The van der Waals surface area contributed by atoms with Gasteiger partial charge in [0, 0.05) is 30.0 Å². The number of hydrogen-bond acceptors (Lipinski definition) is 4. The van der Waals surface area contributed by atoms with E-state index < -0.39 is 5.60 Å². The number of ketones is 1. The van der Waals surface area contributed by atoms with Gasteiger partial charge >= 0.3 is 0 Å². The van der Waals surface area contributed by atoms with Crippen molar-refractivity contribution in [2.45, 2.75) is 25.9 Å². The molecule has 1 aromatic rings. The smallest absolute Gasteiger partial charge is 0.162 e. The van der Waals surface area contributed by atoms with Crippen LogP contribution in [0.25, 0.3) is 0 Å². The summed E-state index contributed by atoms with van der Waals surface area (Å²) in [7, 11) is 0. The van der Waals surface area contributed by atoms with Crippen LogP contribution in [0, 0.1) is 0 Å². The first-order valence-corrected chi connectivity index (χ1v) is 7.46. The number of aliphatic hydroxyl groups is 1. The fraction of sp³-hybridized carbons (Fsp3) is 0.500. The zero-order valence-electron chi connectivity index (χ0n) is 11.2. The molecule has 100 valence electrons. The summed E-state index contributed by atoms with van der Waals surface area (Å²) in [5.74, 6) is 0.836. The van der Waals surface area contributed by atoms with Crippen molar-refractivity contribution in [2.24, 2.45) is 0 Å². The normalized spacial score (nSPS) is 14.0. The summed E-state index contributed by atoms with van der Waals surface area (Å²) in [6, 6.07) is 7.38. The molecule has 0 spiro atoms. The Morgan fingerprint density at radius 3 is 2.50 bits per heavy atom. The van der Waals surface area contributed by atoms with Crippen molar-refractivity contribution < 1.29 is 9.90 Å². The number of anilines is 1. The minimum atomic E-state index is -0.725. The number of Topliss-reactive ketones (excluding diaryl/α,β-unsaturated/α-hetero) is 1. The Balaban J connectivity index is 2.56. The molecule has 0 aliphatic rings. The van der Waals surface area contributed by atoms with Gasteiger partial charge in [0.25, 0.3) is 0 Å². The predicted octanol–water partition coefficient (Wildman–Crippen LogP) is 2.81. The van der Waals surface area contributed by atoms with Crippen LogP contribution >= 0.6 is 11.8 Å². The van der Waals surface area contributed by atoms with Crippen molar-refractivity contribution in [3.63, 3.8) is 0 Å². The molecule has 0 fully saturated rings. The van der Waals surface area contributed by atoms with Crippen LogP contribution in [0.15, 0.2) is 24.3 Å². The molecule has 1 rings (SSSR count). The summed E-state index contributed by atoms with van der Waals surface area (Å²) in [6.07, 6.45) is 2.49. The number of nitrogens with one attached hydrogen (secondary N) is 1. The van der Waals surface area contributed by atoms with Gasteiger partial charge in [-0.15, -0.1) is 0 Å². The number of carbonyl (C=O) groups is 1. The summed E-state index contributed by atoms with van der Waals surface area (Å²) in [5, 5.41) is 13.2. The number of hydrogen-bond donors (Lipinski definition) is 2. The highest BCUT2D eigenvalue weighted by Gasteiger charge is 2.18. The van der Waals surface area contributed by atoms with E-state index in [2.05, 4.69) is 5.32 Å². The van der Waals surface area contributed by atoms with Gasteiger partial charge in [-0.25, -0.2) is 0 Å². The largest absolute Gasteiger partial charge is 0.387 e. The van der Waals surface area contributed by atoms with E-state index in [1.54, 1.807) is 11.8 Å². The molecule has 0 heterocycles. The maximum absolute atomic E-state index is 11.5. The molecule has 0 radical (unpaired) electrons. The molecule has 0 aliphatic carbocycles. The van der Waals surface area contributed by atoms with Crippen LogP contribution in [-0.2, 0) is 0 Å². The van der Waals surface area contributed by atoms with Gasteiger partial charge in [0.15, 0.2) is 5.78 Å². The molecule has 0 saturated carbocycles. The zero-order valence-corrected chi connectivity index (χ0v) is 12.0. The highest BCUT2D eigenvalue weighted by Crippen LogP contribution is 2.15. The van der Waals surface area contributed by atoms with Gasteiger partial charge in [0.05, 0.1) is 5.60 Å². The summed E-state index contributed by atoms with van der Waals surface area (Å²) in [5.41, 5.74) is 0.931. The minimum Gasteiger partial charge on any atom is -0.387 e. The van der Waals surface area contributed by atoms with E-state index in [1.807, 2.05) is 44.4 Å². The van der Waals surface area contributed by atoms with Gasteiger partial charge in [0.2, 0.25) is 0 Å². The molecular weight excluding hydrogens is 246 g/mol. The lowest BCUT2D eigenvalue weighted by Crippen LogP contribution is -2.36. The van der Waals surface area contributed by atoms with Crippen LogP contribution in [0.1, 0.15) is 30.6 Å². The van der Waals surface area contributed by atoms with E-state index in [0.29, 0.717) is 18.7 Å². The average molecular weight is 267 g/mol. The van der Waals surface area contributed by atoms with Crippen molar-refractivity contribution in [3.8, 4) is 0 Å². The molecule has 0 bridgehead atoms. The van der Waals surface area contributed by atoms with Gasteiger partial charge < -0.3 is 10.4 Å². The predicted molar refractivity (Wildman–Crippen MR) is 78.6 cm³/mol. The highest BCUT2D eigenvalue weighted by atomic mass is 32.2. The SMILES string of the molecule is CCC(=O)c1ccc(NCC(C)(O)CSC)cc1. The summed E-state index contributed by atoms with van der Waals surface area (Å²) in [6.45, 7) is 4.16. The number of carbonyl (C=O) groups excluding carboxylic acids is 1. The average Bonchev–Trinajstić information content (AvgIpc) is 2.36. The molecule has 2 N–H and O–H groups in total. The Morgan fingerprint density at radius 2 is 2.00 bits per heavy atom. The van der Waals surface area contributed by atoms with Crippen molar-refractivity contribution >= 4 is 23.2 Å². The molecule has 18 heavy (non-hydrogen) atoms. The van der Waals surface area contributed by atoms with Crippen LogP contribution < -0.4 is 5.32 Å². The molecule has 1 aromatic carbocycles. The van der Waals surface area contributed by atoms with E-state index in [4.69, 9.17) is 0 Å². The van der Waals surface area contributed by atoms with Crippen molar-refractivity contribution in [1.29, 1.82) is 0 Å². The fourth-order valence-corrected chi connectivity index (χ4v) is 2.36. The Kier molecular flexibility index (Phi) is 5.69. The van der Waals surface area contributed by atoms with Crippen molar-refractivity contribution in [2.75, 3.05) is 23.9 Å². The molecule has 0 amide bonds. The lowest BCUT2D eigenvalue weighted by Gasteiger charge is -2.23. The number of benzene rings is 1. The fourth-order valence-electron chi connectivity index (χ4n) is 1.63. The quantitative estimate of drug-likeness (QED) is 0.746. The molecule has 0 aromatic heterocycles. The monoisotopic (exact) mass is 267 g/mol. The maximum Gasteiger partial charge on any atom is 0.162 e. The first-order valence-electron chi connectivity index (χ1n) is 6.07. The second-order valence-electron chi connectivity index (χ2n) is 4.64. The maximum atomic E-state index is 11.5. The highest BCUT2D eigenvalue weighted by molar-refractivity contribution is 7.98. The lowest BCUT2D eigenvalue weighted by molar-refractivity contribution is 0.0983. The Bertz CT molecular complexity index is 387. The van der Waals surface area contributed by atoms with Gasteiger partial charge in [-0.05, 0) is 37.4 Å². The molecule has 0 saturated heterocycles. The third kappa shape index (κ3) is 4.70. The second kappa shape index (κ2) is 6.81. The molecule has 1 unspecified atom stereocenters. The number of thioether (sulfide) groups is 1. The number of rotatable bonds is 7. The zero-order chi connectivity index (χ0) is 13.6. The van der Waals surface area contributed by atoms with Gasteiger partial charge in [0.1, 0.15) is 0 Å². The van der Waals surface area contributed by atoms with E-state index >= 15 is 0 Å². The first-order chi connectivity index (χ1) is 8.48. The van der Waals surface area contributed by atoms with Gasteiger partial charge in [-0.2, -0.15) is 11.8 Å². The van der Waals surface area contributed by atoms with E-state index in [0.717, 1.165) is 11.3 Å². The van der Waals surface area contributed by atoms with Crippen LogP contribution in [-0.4, -0.2) is 35.0 Å². The third-order valence-electron chi connectivity index (χ3n) is 2.66. The van der Waals surface area contributed by atoms with Crippen LogP contribution in [0.5, 0.6) is 0 Å². The van der Waals surface area contributed by atoms with E-state index in [9.17, 15) is 9.90 Å². The van der Waals surface area contributed by atoms with Crippen molar-refractivity contribution in [3.05, 3.63) is 29.8 Å². The van der Waals surface area contributed by atoms with Gasteiger partial charge in [-0.1, -0.05) is 6.92 Å². The van der Waals surface area contributed by atoms with Crippen LogP contribution in [0.2, 0.25) is 0 Å². The second-order valence-corrected chi connectivity index (χ2v) is 5.50.